The molecule has 82 valence electrons. The number of hydrogen-bond acceptors (Lipinski definition) is 5. The molecule has 0 aliphatic rings. The van der Waals surface area contributed by atoms with Crippen molar-refractivity contribution in [1.29, 1.82) is 0 Å². The Bertz CT molecular complexity index is 450. The van der Waals surface area contributed by atoms with Gasteiger partial charge in [-0.15, -0.1) is 0 Å². The molecule has 5 nitrogen and oxygen atoms in total. The average Bonchev–Trinajstić information content (AvgIpc) is 2.10. The van der Waals surface area contributed by atoms with E-state index in [1.54, 1.807) is 0 Å². The van der Waals surface area contributed by atoms with E-state index in [4.69, 9.17) is 23.2 Å². The summed E-state index contributed by atoms with van der Waals surface area (Å²) < 4.78 is 14.5. The van der Waals surface area contributed by atoms with Crippen molar-refractivity contribution < 1.29 is 83.0 Å². The summed E-state index contributed by atoms with van der Waals surface area (Å²) in [6.07, 6.45) is 0. The summed E-state index contributed by atoms with van der Waals surface area (Å²) in [6, 6.07) is 3.63. The molecule has 0 aromatic heterocycles. The number of rotatable bonds is 2. The predicted octanol–water partition coefficient (Wildman–Crippen LogP) is -4.59. The van der Waals surface area contributed by atoms with E-state index < -0.39 is 13.3 Å². The summed E-state index contributed by atoms with van der Waals surface area (Å²) in [4.78, 5) is 31.1. The van der Waals surface area contributed by atoms with Crippen molar-refractivity contribution in [2.24, 2.45) is 0 Å². The van der Waals surface area contributed by atoms with Crippen molar-refractivity contribution in [3.05, 3.63) is 28.2 Å². The number of halogens is 2. The third-order valence-corrected chi connectivity index (χ3v) is 2.60. The molecule has 0 unspecified atom stereocenters. The van der Waals surface area contributed by atoms with Gasteiger partial charge in [0.25, 0.3) is 0 Å². The maximum atomic E-state index is 10.6. The molecule has 0 heterocycles. The molecule has 0 N–H and O–H groups in total. The van der Waals surface area contributed by atoms with Crippen LogP contribution in [0.4, 0.5) is 4.79 Å². The summed E-state index contributed by atoms with van der Waals surface area (Å²) in [7, 11) is -5.39. The Kier molecular flexibility index (Phi) is 10.4. The molecule has 0 bridgehead atoms. The third-order valence-electron chi connectivity index (χ3n) is 1.32. The van der Waals surface area contributed by atoms with Crippen LogP contribution in [-0.4, -0.2) is 5.71 Å². The van der Waals surface area contributed by atoms with E-state index in [1.807, 2.05) is 0 Å². The first kappa shape index (κ1) is 20.7. The fraction of sp³-hybridized carbons (Fsp3) is 0. The second-order valence-corrected chi connectivity index (χ2v) is 4.62. The maximum absolute atomic E-state index is 10.6. The third kappa shape index (κ3) is 6.95. The Morgan fingerprint density at radius 1 is 1.18 bits per heavy atom. The molecule has 0 saturated carbocycles. The van der Waals surface area contributed by atoms with Crippen LogP contribution in [0.3, 0.4) is 0 Å². The fourth-order valence-electron chi connectivity index (χ4n) is 0.697. The molecule has 10 heteroatoms. The minimum absolute atomic E-state index is 0. The summed E-state index contributed by atoms with van der Waals surface area (Å²) in [5.41, 5.74) is -1.86. The molecule has 0 aliphatic heterocycles. The van der Waals surface area contributed by atoms with Crippen molar-refractivity contribution in [2.45, 2.75) is 0 Å². The molecule has 0 radical (unpaired) electrons. The van der Waals surface area contributed by atoms with Crippen LogP contribution in [0.5, 0.6) is 5.75 Å². The van der Waals surface area contributed by atoms with Crippen LogP contribution in [0.25, 0.3) is 0 Å². The molecule has 0 amide bonds. The maximum Gasteiger partial charge on any atom is 1.00 e. The van der Waals surface area contributed by atoms with Crippen LogP contribution >= 0.6 is 30.8 Å². The summed E-state index contributed by atoms with van der Waals surface area (Å²) >= 11 is 11.1. The minimum Gasteiger partial charge on any atom is -0.803 e. The van der Waals surface area contributed by atoms with E-state index in [-0.39, 0.29) is 74.9 Å². The first-order valence-corrected chi connectivity index (χ1v) is 5.80. The molecule has 1 aromatic rings. The Morgan fingerprint density at radius 2 is 1.71 bits per heavy atom. The molecule has 1 rings (SSSR count). The van der Waals surface area contributed by atoms with E-state index in [1.165, 1.54) is 12.1 Å². The zero-order valence-electron chi connectivity index (χ0n) is 8.98. The van der Waals surface area contributed by atoms with Gasteiger partial charge in [-0.3, -0.25) is 0 Å². The SMILES string of the molecule is O=C(Oc1ccc(Cl)c(Cl)c1)P(=O)([O-])[O-].[Na+].[Na+]. The van der Waals surface area contributed by atoms with Crippen molar-refractivity contribution in [2.75, 3.05) is 0 Å². The molecular weight excluding hydrogens is 312 g/mol. The molecular formula is C7H3Cl2Na2O5P. The molecule has 0 atom stereocenters. The van der Waals surface area contributed by atoms with E-state index >= 15 is 0 Å². The van der Waals surface area contributed by atoms with Crippen LogP contribution in [0, 0.1) is 0 Å². The van der Waals surface area contributed by atoms with Crippen molar-refractivity contribution in [3.8, 4) is 5.75 Å². The Balaban J connectivity index is 0. The summed E-state index contributed by atoms with van der Waals surface area (Å²) in [5.74, 6) is -0.165. The van der Waals surface area contributed by atoms with Crippen molar-refractivity contribution in [3.63, 3.8) is 0 Å². The van der Waals surface area contributed by atoms with Gasteiger partial charge in [0.2, 0.25) is 0 Å². The smallest absolute Gasteiger partial charge is 0.803 e. The second kappa shape index (κ2) is 8.56. The van der Waals surface area contributed by atoms with Gasteiger partial charge in [-0.05, 0) is 12.1 Å². The van der Waals surface area contributed by atoms with Gasteiger partial charge in [-0.25, -0.2) is 4.79 Å². The van der Waals surface area contributed by atoms with Crippen LogP contribution in [0.1, 0.15) is 0 Å². The van der Waals surface area contributed by atoms with Gasteiger partial charge in [0.1, 0.15) is 5.75 Å². The van der Waals surface area contributed by atoms with Crippen molar-refractivity contribution >= 4 is 36.5 Å². The van der Waals surface area contributed by atoms with Crippen molar-refractivity contribution in [1.82, 2.24) is 0 Å². The van der Waals surface area contributed by atoms with Gasteiger partial charge in [0.15, 0.2) is 0 Å². The Hall–Kier alpha value is 1.42. The van der Waals surface area contributed by atoms with Gasteiger partial charge in [-0.2, -0.15) is 0 Å². The topological polar surface area (TPSA) is 89.5 Å². The first-order valence-electron chi connectivity index (χ1n) is 3.50. The number of carbonyl (C=O) groups is 1. The van der Waals surface area contributed by atoms with Crippen LogP contribution in [0.2, 0.25) is 10.0 Å². The van der Waals surface area contributed by atoms with Gasteiger partial charge >= 0.3 is 64.8 Å². The van der Waals surface area contributed by atoms with E-state index in [2.05, 4.69) is 4.74 Å². The van der Waals surface area contributed by atoms with Gasteiger partial charge in [0, 0.05) is 13.7 Å². The van der Waals surface area contributed by atoms with Gasteiger partial charge < -0.3 is 19.1 Å². The number of carbonyl (C=O) groups excluding carboxylic acids is 1. The van der Waals surface area contributed by atoms with Crippen LogP contribution in [-0.2, 0) is 4.57 Å². The second-order valence-electron chi connectivity index (χ2n) is 2.44. The minimum atomic E-state index is -5.39. The zero-order chi connectivity index (χ0) is 11.6. The first-order chi connectivity index (χ1) is 6.80. The van der Waals surface area contributed by atoms with Crippen LogP contribution < -0.4 is 73.6 Å². The molecule has 0 spiro atoms. The largest absolute Gasteiger partial charge is 1.00 e. The average molecular weight is 315 g/mol. The van der Waals surface area contributed by atoms with Gasteiger partial charge in [-0.1, -0.05) is 23.2 Å². The standard InChI is InChI=1S/C7H5Cl2O5P.2Na/c8-5-2-1-4(3-6(5)9)14-7(10)15(11,12)13;;/h1-3H,(H2,11,12,13);;/q;2*+1/p-2. The summed E-state index contributed by atoms with van der Waals surface area (Å²) in [5, 5.41) is 0.289. The molecule has 1 aromatic carbocycles. The monoisotopic (exact) mass is 314 g/mol. The molecule has 0 aliphatic carbocycles. The Labute approximate surface area is 152 Å². The number of hydrogen-bond donors (Lipinski definition) is 0. The van der Waals surface area contributed by atoms with E-state index in [0.29, 0.717) is 0 Å². The van der Waals surface area contributed by atoms with E-state index in [0.717, 1.165) is 6.07 Å². The Morgan fingerprint density at radius 3 is 2.12 bits per heavy atom. The number of benzene rings is 1. The van der Waals surface area contributed by atoms with E-state index in [9.17, 15) is 19.1 Å². The molecule has 0 fully saturated rings. The normalized spacial score (nSPS) is 9.88. The fourth-order valence-corrected chi connectivity index (χ4v) is 1.20. The zero-order valence-corrected chi connectivity index (χ0v) is 15.4. The van der Waals surface area contributed by atoms with Crippen LogP contribution in [0.15, 0.2) is 18.2 Å². The number of ether oxygens (including phenoxy) is 1. The van der Waals surface area contributed by atoms with Gasteiger partial charge in [0.05, 0.1) is 10.0 Å². The molecule has 0 saturated heterocycles. The quantitative estimate of drug-likeness (QED) is 0.405. The molecule has 17 heavy (non-hydrogen) atoms. The summed E-state index contributed by atoms with van der Waals surface area (Å²) in [6.45, 7) is 0. The predicted molar refractivity (Wildman–Crippen MR) is 50.1 cm³/mol.